The number of aliphatic hydroxyl groups is 1. The lowest BCUT2D eigenvalue weighted by Gasteiger charge is -2.06. The SMILES string of the molecule is CC(CO)Cc1ccc(Br)cc1. The molecule has 0 aromatic heterocycles. The number of aliphatic hydroxyl groups excluding tert-OH is 1. The molecule has 12 heavy (non-hydrogen) atoms. The molecule has 0 fully saturated rings. The van der Waals surface area contributed by atoms with Gasteiger partial charge < -0.3 is 5.11 Å². The van der Waals surface area contributed by atoms with Crippen LogP contribution in [-0.2, 0) is 6.42 Å². The molecule has 0 heterocycles. The van der Waals surface area contributed by atoms with Gasteiger partial charge >= 0.3 is 0 Å². The van der Waals surface area contributed by atoms with Crippen LogP contribution in [0.5, 0.6) is 0 Å². The second-order valence-electron chi connectivity index (χ2n) is 3.12. The van der Waals surface area contributed by atoms with Gasteiger partial charge in [-0.1, -0.05) is 35.0 Å². The lowest BCUT2D eigenvalue weighted by atomic mass is 10.0. The third-order valence-corrected chi connectivity index (χ3v) is 2.34. The third-order valence-electron chi connectivity index (χ3n) is 1.81. The van der Waals surface area contributed by atoms with Crippen LogP contribution in [0.25, 0.3) is 0 Å². The molecule has 0 amide bonds. The van der Waals surface area contributed by atoms with Crippen LogP contribution in [0.3, 0.4) is 0 Å². The van der Waals surface area contributed by atoms with E-state index in [1.165, 1.54) is 5.56 Å². The van der Waals surface area contributed by atoms with Gasteiger partial charge in [-0.25, -0.2) is 0 Å². The highest BCUT2D eigenvalue weighted by Crippen LogP contribution is 2.13. The van der Waals surface area contributed by atoms with E-state index >= 15 is 0 Å². The average molecular weight is 229 g/mol. The van der Waals surface area contributed by atoms with Gasteiger partial charge in [0.15, 0.2) is 0 Å². The van der Waals surface area contributed by atoms with E-state index in [9.17, 15) is 0 Å². The van der Waals surface area contributed by atoms with Crippen molar-refractivity contribution < 1.29 is 5.11 Å². The van der Waals surface area contributed by atoms with Crippen molar-refractivity contribution in [2.45, 2.75) is 13.3 Å². The lowest BCUT2D eigenvalue weighted by Crippen LogP contribution is -2.04. The Hall–Kier alpha value is -0.340. The second kappa shape index (κ2) is 4.63. The van der Waals surface area contributed by atoms with Gasteiger partial charge in [-0.15, -0.1) is 0 Å². The molecule has 1 aromatic carbocycles. The quantitative estimate of drug-likeness (QED) is 0.844. The minimum atomic E-state index is 0.260. The fraction of sp³-hybridized carbons (Fsp3) is 0.400. The Bertz CT molecular complexity index is 230. The summed E-state index contributed by atoms with van der Waals surface area (Å²) in [5.74, 6) is 0.353. The van der Waals surface area contributed by atoms with Gasteiger partial charge in [0.2, 0.25) is 0 Å². The van der Waals surface area contributed by atoms with Gasteiger partial charge in [0.25, 0.3) is 0 Å². The lowest BCUT2D eigenvalue weighted by molar-refractivity contribution is 0.237. The molecule has 0 aliphatic carbocycles. The summed E-state index contributed by atoms with van der Waals surface area (Å²) in [5.41, 5.74) is 1.28. The van der Waals surface area contributed by atoms with E-state index in [1.807, 2.05) is 19.1 Å². The Kier molecular flexibility index (Phi) is 3.76. The Balaban J connectivity index is 2.58. The molecule has 1 unspecified atom stereocenters. The Morgan fingerprint density at radius 2 is 1.92 bits per heavy atom. The summed E-state index contributed by atoms with van der Waals surface area (Å²) in [7, 11) is 0. The Morgan fingerprint density at radius 1 is 1.33 bits per heavy atom. The predicted octanol–water partition coefficient (Wildman–Crippen LogP) is 2.62. The van der Waals surface area contributed by atoms with Crippen LogP contribution in [0.4, 0.5) is 0 Å². The van der Waals surface area contributed by atoms with Crippen LogP contribution in [0, 0.1) is 5.92 Å². The third kappa shape index (κ3) is 2.95. The van der Waals surface area contributed by atoms with E-state index in [0.29, 0.717) is 5.92 Å². The number of benzene rings is 1. The summed E-state index contributed by atoms with van der Waals surface area (Å²) in [5, 5.41) is 8.84. The first-order valence-electron chi connectivity index (χ1n) is 4.07. The van der Waals surface area contributed by atoms with Gasteiger partial charge in [0, 0.05) is 11.1 Å². The minimum absolute atomic E-state index is 0.260. The molecule has 0 aliphatic heterocycles. The van der Waals surface area contributed by atoms with E-state index in [0.717, 1.165) is 10.9 Å². The fourth-order valence-corrected chi connectivity index (χ4v) is 1.35. The van der Waals surface area contributed by atoms with Crippen molar-refractivity contribution in [2.75, 3.05) is 6.61 Å². The zero-order valence-electron chi connectivity index (χ0n) is 7.13. The topological polar surface area (TPSA) is 20.2 Å². The summed E-state index contributed by atoms with van der Waals surface area (Å²) in [6, 6.07) is 8.21. The first kappa shape index (κ1) is 9.75. The van der Waals surface area contributed by atoms with E-state index < -0.39 is 0 Å². The highest BCUT2D eigenvalue weighted by atomic mass is 79.9. The summed E-state index contributed by atoms with van der Waals surface area (Å²) < 4.78 is 1.10. The predicted molar refractivity (Wildman–Crippen MR) is 54.1 cm³/mol. The van der Waals surface area contributed by atoms with Crippen molar-refractivity contribution in [3.8, 4) is 0 Å². The molecule has 1 atom stereocenters. The largest absolute Gasteiger partial charge is 0.396 e. The van der Waals surface area contributed by atoms with E-state index in [1.54, 1.807) is 0 Å². The van der Waals surface area contributed by atoms with Crippen LogP contribution in [0.15, 0.2) is 28.7 Å². The molecule has 1 N–H and O–H groups in total. The summed E-state index contributed by atoms with van der Waals surface area (Å²) >= 11 is 3.38. The monoisotopic (exact) mass is 228 g/mol. The molecule has 1 rings (SSSR count). The number of rotatable bonds is 3. The molecule has 2 heteroatoms. The van der Waals surface area contributed by atoms with Gasteiger partial charge in [0.05, 0.1) is 0 Å². The van der Waals surface area contributed by atoms with Crippen molar-refractivity contribution in [3.63, 3.8) is 0 Å². The van der Waals surface area contributed by atoms with Gasteiger partial charge in [0.1, 0.15) is 0 Å². The van der Waals surface area contributed by atoms with Gasteiger partial charge in [-0.2, -0.15) is 0 Å². The van der Waals surface area contributed by atoms with Crippen molar-refractivity contribution in [3.05, 3.63) is 34.3 Å². The van der Waals surface area contributed by atoms with Crippen LogP contribution in [0.2, 0.25) is 0 Å². The number of hydrogen-bond acceptors (Lipinski definition) is 1. The Morgan fingerprint density at radius 3 is 2.42 bits per heavy atom. The standard InChI is InChI=1S/C10H13BrO/c1-8(7-12)6-9-2-4-10(11)5-3-9/h2-5,8,12H,6-7H2,1H3. The molecule has 1 aromatic rings. The van der Waals surface area contributed by atoms with Crippen molar-refractivity contribution in [1.29, 1.82) is 0 Å². The van der Waals surface area contributed by atoms with Gasteiger partial charge in [-0.05, 0) is 30.0 Å². The van der Waals surface area contributed by atoms with Crippen molar-refractivity contribution >= 4 is 15.9 Å². The summed E-state index contributed by atoms with van der Waals surface area (Å²) in [4.78, 5) is 0. The molecule has 0 spiro atoms. The van der Waals surface area contributed by atoms with Crippen molar-refractivity contribution in [2.24, 2.45) is 5.92 Å². The second-order valence-corrected chi connectivity index (χ2v) is 4.03. The molecular formula is C10H13BrO. The van der Waals surface area contributed by atoms with E-state index in [4.69, 9.17) is 5.11 Å². The Labute approximate surface area is 81.6 Å². The molecule has 0 aliphatic rings. The first-order valence-corrected chi connectivity index (χ1v) is 4.87. The van der Waals surface area contributed by atoms with Crippen molar-refractivity contribution in [1.82, 2.24) is 0 Å². The maximum Gasteiger partial charge on any atom is 0.0459 e. The fourth-order valence-electron chi connectivity index (χ4n) is 1.09. The highest BCUT2D eigenvalue weighted by Gasteiger charge is 2.00. The molecule has 0 saturated heterocycles. The molecular weight excluding hydrogens is 216 g/mol. The maximum atomic E-state index is 8.84. The summed E-state index contributed by atoms with van der Waals surface area (Å²) in [6.07, 6.45) is 0.948. The molecule has 66 valence electrons. The molecule has 0 bridgehead atoms. The van der Waals surface area contributed by atoms with E-state index in [2.05, 4.69) is 28.1 Å². The van der Waals surface area contributed by atoms with Crippen LogP contribution < -0.4 is 0 Å². The van der Waals surface area contributed by atoms with Crippen LogP contribution >= 0.6 is 15.9 Å². The minimum Gasteiger partial charge on any atom is -0.396 e. The summed E-state index contributed by atoms with van der Waals surface area (Å²) in [6.45, 7) is 2.30. The zero-order valence-corrected chi connectivity index (χ0v) is 8.71. The highest BCUT2D eigenvalue weighted by molar-refractivity contribution is 9.10. The first-order chi connectivity index (χ1) is 5.72. The molecule has 0 radical (unpaired) electrons. The molecule has 1 nitrogen and oxygen atoms in total. The molecule has 0 saturated carbocycles. The van der Waals surface area contributed by atoms with Crippen LogP contribution in [0.1, 0.15) is 12.5 Å². The van der Waals surface area contributed by atoms with E-state index in [-0.39, 0.29) is 6.61 Å². The number of halogens is 1. The maximum absolute atomic E-state index is 8.84. The number of hydrogen-bond donors (Lipinski definition) is 1. The van der Waals surface area contributed by atoms with Crippen LogP contribution in [-0.4, -0.2) is 11.7 Å². The average Bonchev–Trinajstić information content (AvgIpc) is 2.09. The zero-order chi connectivity index (χ0) is 8.97. The smallest absolute Gasteiger partial charge is 0.0459 e. The normalized spacial score (nSPS) is 12.9. The van der Waals surface area contributed by atoms with Gasteiger partial charge in [-0.3, -0.25) is 0 Å².